The summed E-state index contributed by atoms with van der Waals surface area (Å²) in [5.74, 6) is 0.864. The van der Waals surface area contributed by atoms with Crippen LogP contribution >= 0.6 is 22.9 Å². The molecular formula is C22H17ClN2O3S. The number of halogens is 1. The molecule has 2 heterocycles. The number of nitrogen functional groups attached to an aromatic ring is 1. The van der Waals surface area contributed by atoms with Crippen molar-refractivity contribution in [3.8, 4) is 22.8 Å². The Bertz CT molecular complexity index is 1220. The summed E-state index contributed by atoms with van der Waals surface area (Å²) >= 11 is 7.24. The highest BCUT2D eigenvalue weighted by Gasteiger charge is 2.20. The van der Waals surface area contributed by atoms with Crippen molar-refractivity contribution in [1.29, 1.82) is 0 Å². The number of methoxy groups -OCH3 is 2. The zero-order valence-electron chi connectivity index (χ0n) is 15.7. The fourth-order valence-electron chi connectivity index (χ4n) is 3.06. The molecule has 0 aliphatic rings. The number of aromatic nitrogens is 1. The van der Waals surface area contributed by atoms with Crippen LogP contribution in [-0.4, -0.2) is 25.0 Å². The fourth-order valence-corrected chi connectivity index (χ4v) is 4.24. The number of benzene rings is 2. The first-order valence-electron chi connectivity index (χ1n) is 8.73. The van der Waals surface area contributed by atoms with Crippen LogP contribution in [0, 0.1) is 0 Å². The topological polar surface area (TPSA) is 74.4 Å². The third-order valence-electron chi connectivity index (χ3n) is 4.59. The van der Waals surface area contributed by atoms with Gasteiger partial charge in [0.25, 0.3) is 0 Å². The molecule has 0 saturated carbocycles. The minimum atomic E-state index is -0.181. The van der Waals surface area contributed by atoms with Crippen LogP contribution in [0.2, 0.25) is 5.02 Å². The molecule has 0 aliphatic carbocycles. The van der Waals surface area contributed by atoms with Gasteiger partial charge in [0.1, 0.15) is 9.71 Å². The van der Waals surface area contributed by atoms with Gasteiger partial charge >= 0.3 is 0 Å². The van der Waals surface area contributed by atoms with Crippen molar-refractivity contribution in [3.05, 3.63) is 70.1 Å². The molecule has 0 bridgehead atoms. The van der Waals surface area contributed by atoms with Crippen molar-refractivity contribution in [2.45, 2.75) is 0 Å². The Morgan fingerprint density at radius 3 is 2.41 bits per heavy atom. The van der Waals surface area contributed by atoms with Crippen molar-refractivity contribution < 1.29 is 14.3 Å². The second-order valence-corrected chi connectivity index (χ2v) is 7.74. The van der Waals surface area contributed by atoms with E-state index in [2.05, 4.69) is 0 Å². The summed E-state index contributed by atoms with van der Waals surface area (Å²) < 4.78 is 10.5. The van der Waals surface area contributed by atoms with Crippen LogP contribution in [-0.2, 0) is 0 Å². The first-order chi connectivity index (χ1) is 14.0. The molecule has 0 aliphatic heterocycles. The molecular weight excluding hydrogens is 408 g/mol. The lowest BCUT2D eigenvalue weighted by atomic mass is 10.1. The summed E-state index contributed by atoms with van der Waals surface area (Å²) in [7, 11) is 3.08. The molecule has 0 fully saturated rings. The molecule has 0 spiro atoms. The van der Waals surface area contributed by atoms with Crippen LogP contribution < -0.4 is 15.2 Å². The third kappa shape index (κ3) is 3.52. The number of carbonyl (C=O) groups excluding carboxylic acids is 1. The Hall–Kier alpha value is -3.09. The van der Waals surface area contributed by atoms with E-state index in [-0.39, 0.29) is 5.78 Å². The zero-order chi connectivity index (χ0) is 20.5. The zero-order valence-corrected chi connectivity index (χ0v) is 17.3. The number of nitrogens with zero attached hydrogens (tertiary/aromatic N) is 1. The maximum atomic E-state index is 13.1. The lowest BCUT2D eigenvalue weighted by Gasteiger charge is -2.08. The van der Waals surface area contributed by atoms with Gasteiger partial charge in [0.15, 0.2) is 11.5 Å². The number of hydrogen-bond donors (Lipinski definition) is 1. The van der Waals surface area contributed by atoms with Crippen LogP contribution in [0.1, 0.15) is 15.2 Å². The molecule has 2 N–H and O–H groups in total. The number of rotatable bonds is 5. The maximum absolute atomic E-state index is 13.1. The maximum Gasteiger partial charge on any atom is 0.205 e. The summed E-state index contributed by atoms with van der Waals surface area (Å²) in [6.07, 6.45) is 0. The fraction of sp³-hybridized carbons (Fsp3) is 0.0909. The average molecular weight is 425 g/mol. The normalized spacial score (nSPS) is 10.9. The lowest BCUT2D eigenvalue weighted by Crippen LogP contribution is -2.03. The Balaban J connectivity index is 1.75. The molecule has 29 heavy (non-hydrogen) atoms. The first-order valence-corrected chi connectivity index (χ1v) is 9.93. The molecule has 7 heteroatoms. The van der Waals surface area contributed by atoms with Crippen LogP contribution in [0.3, 0.4) is 0 Å². The van der Waals surface area contributed by atoms with Crippen molar-refractivity contribution in [2.24, 2.45) is 0 Å². The smallest absolute Gasteiger partial charge is 0.205 e. The van der Waals surface area contributed by atoms with Crippen LogP contribution in [0.25, 0.3) is 21.5 Å². The number of thiophene rings is 1. The Morgan fingerprint density at radius 1 is 1.00 bits per heavy atom. The summed E-state index contributed by atoms with van der Waals surface area (Å²) in [6.45, 7) is 0. The van der Waals surface area contributed by atoms with Crippen LogP contribution in [0.5, 0.6) is 11.5 Å². The van der Waals surface area contributed by atoms with Gasteiger partial charge in [-0.15, -0.1) is 11.3 Å². The van der Waals surface area contributed by atoms with E-state index in [0.29, 0.717) is 37.5 Å². The Morgan fingerprint density at radius 2 is 1.72 bits per heavy atom. The number of pyridine rings is 1. The van der Waals surface area contributed by atoms with Gasteiger partial charge < -0.3 is 15.2 Å². The van der Waals surface area contributed by atoms with Gasteiger partial charge in [0.05, 0.1) is 25.6 Å². The highest BCUT2D eigenvalue weighted by atomic mass is 35.5. The molecule has 2 aromatic carbocycles. The molecule has 0 atom stereocenters. The predicted octanol–water partition coefficient (Wildman–Crippen LogP) is 5.45. The standard InChI is InChI=1S/C22H17ClN2O3S/c1-27-17-10-5-13(11-18(17)28-2)20(26)21-19(24)15-8-9-16(25-22(15)29-21)12-3-6-14(23)7-4-12/h3-11H,24H2,1-2H3. The van der Waals surface area contributed by atoms with Crippen molar-refractivity contribution in [2.75, 3.05) is 20.0 Å². The average Bonchev–Trinajstić information content (AvgIpc) is 3.09. The molecule has 0 unspecified atom stereocenters. The van der Waals surface area contributed by atoms with E-state index in [1.165, 1.54) is 18.4 Å². The molecule has 2 aromatic heterocycles. The van der Waals surface area contributed by atoms with Gasteiger partial charge in [0, 0.05) is 21.5 Å². The van der Waals surface area contributed by atoms with Gasteiger partial charge in [-0.25, -0.2) is 4.98 Å². The number of nitrogens with two attached hydrogens (primary N) is 1. The van der Waals surface area contributed by atoms with Crippen molar-refractivity contribution in [3.63, 3.8) is 0 Å². The number of hydrogen-bond acceptors (Lipinski definition) is 6. The van der Waals surface area contributed by atoms with Crippen LogP contribution in [0.15, 0.2) is 54.6 Å². The van der Waals surface area contributed by atoms with E-state index >= 15 is 0 Å². The van der Waals surface area contributed by atoms with E-state index in [4.69, 9.17) is 31.8 Å². The van der Waals surface area contributed by atoms with E-state index in [9.17, 15) is 4.79 Å². The highest BCUT2D eigenvalue weighted by molar-refractivity contribution is 7.21. The minimum absolute atomic E-state index is 0.181. The summed E-state index contributed by atoms with van der Waals surface area (Å²) in [5.41, 5.74) is 8.92. The number of carbonyl (C=O) groups is 1. The number of ketones is 1. The van der Waals surface area contributed by atoms with Gasteiger partial charge in [-0.05, 0) is 42.5 Å². The Kier molecular flexibility index (Phi) is 5.13. The largest absolute Gasteiger partial charge is 0.493 e. The van der Waals surface area contributed by atoms with Crippen LogP contribution in [0.4, 0.5) is 5.69 Å². The van der Waals surface area contributed by atoms with E-state index in [0.717, 1.165) is 16.6 Å². The van der Waals surface area contributed by atoms with Crippen molar-refractivity contribution in [1.82, 2.24) is 4.98 Å². The van der Waals surface area contributed by atoms with Crippen molar-refractivity contribution >= 4 is 44.6 Å². The quantitative estimate of drug-likeness (QED) is 0.431. The van der Waals surface area contributed by atoms with Gasteiger partial charge in [-0.1, -0.05) is 23.7 Å². The van der Waals surface area contributed by atoms with Gasteiger partial charge in [-0.3, -0.25) is 4.79 Å². The highest BCUT2D eigenvalue weighted by Crippen LogP contribution is 2.37. The second kappa shape index (κ2) is 7.73. The van der Waals surface area contributed by atoms with E-state index in [1.807, 2.05) is 36.4 Å². The lowest BCUT2D eigenvalue weighted by molar-refractivity contribution is 0.104. The SMILES string of the molecule is COc1ccc(C(=O)c2sc3nc(-c4ccc(Cl)cc4)ccc3c2N)cc1OC. The summed E-state index contributed by atoms with van der Waals surface area (Å²) in [6, 6.07) is 16.3. The predicted molar refractivity (Wildman–Crippen MR) is 117 cm³/mol. The molecule has 4 aromatic rings. The number of anilines is 1. The molecule has 0 radical (unpaired) electrons. The minimum Gasteiger partial charge on any atom is -0.493 e. The van der Waals surface area contributed by atoms with Gasteiger partial charge in [-0.2, -0.15) is 0 Å². The number of fused-ring (bicyclic) bond motifs is 1. The molecule has 5 nitrogen and oxygen atoms in total. The second-order valence-electron chi connectivity index (χ2n) is 6.30. The molecule has 146 valence electrons. The number of ether oxygens (including phenoxy) is 2. The Labute approximate surface area is 176 Å². The molecule has 4 rings (SSSR count). The van der Waals surface area contributed by atoms with Gasteiger partial charge in [0.2, 0.25) is 5.78 Å². The first kappa shape index (κ1) is 19.2. The summed E-state index contributed by atoms with van der Waals surface area (Å²) in [5, 5.41) is 1.43. The molecule has 0 saturated heterocycles. The summed E-state index contributed by atoms with van der Waals surface area (Å²) in [4.78, 5) is 18.9. The molecule has 0 amide bonds. The van der Waals surface area contributed by atoms with E-state index < -0.39 is 0 Å². The van der Waals surface area contributed by atoms with E-state index in [1.54, 1.807) is 25.3 Å². The third-order valence-corrected chi connectivity index (χ3v) is 5.95. The monoisotopic (exact) mass is 424 g/mol.